The van der Waals surface area contributed by atoms with Crippen molar-refractivity contribution in [3.63, 3.8) is 0 Å². The van der Waals surface area contributed by atoms with Crippen LogP contribution in [0.1, 0.15) is 24.7 Å². The number of allylic oxidation sites excluding steroid dienone is 1. The molecule has 4 nitrogen and oxygen atoms in total. The third-order valence-corrected chi connectivity index (χ3v) is 6.09. The van der Waals surface area contributed by atoms with Gasteiger partial charge in [-0.25, -0.2) is 4.98 Å². The molecule has 0 N–H and O–H groups in total. The molecule has 0 atom stereocenters. The number of ether oxygens (including phenoxy) is 1. The topological polar surface area (TPSA) is 44.1 Å². The zero-order valence-corrected chi connectivity index (χ0v) is 16.9. The lowest BCUT2D eigenvalue weighted by Gasteiger charge is -2.08. The minimum Gasteiger partial charge on any atom is -0.493 e. The van der Waals surface area contributed by atoms with Gasteiger partial charge in [0.15, 0.2) is 0 Å². The third-order valence-electron chi connectivity index (χ3n) is 5.22. The lowest BCUT2D eigenvalue weighted by atomic mass is 10.1. The van der Waals surface area contributed by atoms with E-state index in [2.05, 4.69) is 6.08 Å². The zero-order valence-electron chi connectivity index (χ0n) is 16.1. The molecule has 0 amide bonds. The zero-order chi connectivity index (χ0) is 19.8. The summed E-state index contributed by atoms with van der Waals surface area (Å²) in [6, 6.07) is 18.0. The van der Waals surface area contributed by atoms with Crippen molar-refractivity contribution in [2.75, 3.05) is 6.61 Å². The van der Waals surface area contributed by atoms with E-state index in [4.69, 9.17) is 9.72 Å². The van der Waals surface area contributed by atoms with Crippen LogP contribution in [0.15, 0.2) is 64.8 Å². The van der Waals surface area contributed by atoms with E-state index in [1.54, 1.807) is 0 Å². The second-order valence-corrected chi connectivity index (χ2v) is 7.84. The Bertz CT molecular complexity index is 1290. The molecule has 0 aliphatic carbocycles. The van der Waals surface area contributed by atoms with Gasteiger partial charge >= 0.3 is 0 Å². The van der Waals surface area contributed by atoms with E-state index in [1.807, 2.05) is 71.5 Å². The molecule has 2 aromatic heterocycles. The van der Waals surface area contributed by atoms with Crippen molar-refractivity contribution in [3.05, 3.63) is 81.7 Å². The first-order valence-corrected chi connectivity index (χ1v) is 10.6. The van der Waals surface area contributed by atoms with E-state index in [0.29, 0.717) is 13.2 Å². The molecule has 0 saturated heterocycles. The van der Waals surface area contributed by atoms with Gasteiger partial charge in [0.05, 0.1) is 12.0 Å². The summed E-state index contributed by atoms with van der Waals surface area (Å²) in [7, 11) is 0. The number of benzene rings is 2. The highest BCUT2D eigenvalue weighted by molar-refractivity contribution is 7.17. The normalized spacial score (nSPS) is 14.4. The lowest BCUT2D eigenvalue weighted by Crippen LogP contribution is -2.20. The highest BCUT2D eigenvalue weighted by atomic mass is 32.1. The Morgan fingerprint density at radius 2 is 1.93 bits per heavy atom. The van der Waals surface area contributed by atoms with Gasteiger partial charge in [0, 0.05) is 23.1 Å². The molecule has 0 bridgehead atoms. The van der Waals surface area contributed by atoms with Crippen molar-refractivity contribution >= 4 is 33.2 Å². The molecule has 4 aromatic rings. The smallest absolute Gasteiger partial charge is 0.263 e. The van der Waals surface area contributed by atoms with Crippen LogP contribution in [0.25, 0.3) is 33.0 Å². The Morgan fingerprint density at radius 1 is 1.14 bits per heavy atom. The predicted octanol–water partition coefficient (Wildman–Crippen LogP) is 5.47. The standard InChI is InChI=1S/C24H20N2O2S/c1-2-28-20-11-7-6-10-17(20)14-18-12-13-26-22(18)25-23-21(24(26)27)19(15-29-23)16-8-4-3-5-9-16/h3-11,14-15H,2,12-13H2,1H3/b18-14+. The highest BCUT2D eigenvalue weighted by Crippen LogP contribution is 2.35. The third kappa shape index (κ3) is 3.08. The fourth-order valence-corrected chi connectivity index (χ4v) is 4.80. The van der Waals surface area contributed by atoms with Crippen LogP contribution in [0.5, 0.6) is 5.75 Å². The van der Waals surface area contributed by atoms with Gasteiger partial charge in [0.25, 0.3) is 5.56 Å². The average Bonchev–Trinajstić information content (AvgIpc) is 3.36. The van der Waals surface area contributed by atoms with E-state index < -0.39 is 0 Å². The number of hydrogen-bond acceptors (Lipinski definition) is 4. The molecule has 3 heterocycles. The van der Waals surface area contributed by atoms with Gasteiger partial charge in [-0.05, 0) is 36.6 Å². The average molecular weight is 401 g/mol. The minimum atomic E-state index is 0.0478. The van der Waals surface area contributed by atoms with Crippen molar-refractivity contribution in [1.29, 1.82) is 0 Å². The molecule has 0 spiro atoms. The van der Waals surface area contributed by atoms with Gasteiger partial charge in [-0.3, -0.25) is 9.36 Å². The molecular formula is C24H20N2O2S. The van der Waals surface area contributed by atoms with E-state index in [1.165, 1.54) is 11.3 Å². The highest BCUT2D eigenvalue weighted by Gasteiger charge is 2.23. The first-order chi connectivity index (χ1) is 14.3. The van der Waals surface area contributed by atoms with Crippen LogP contribution in [0.4, 0.5) is 0 Å². The fourth-order valence-electron chi connectivity index (χ4n) is 3.86. The summed E-state index contributed by atoms with van der Waals surface area (Å²) < 4.78 is 7.57. The molecule has 5 rings (SSSR count). The van der Waals surface area contributed by atoms with E-state index in [-0.39, 0.29) is 5.56 Å². The first kappa shape index (κ1) is 17.9. The number of thiophene rings is 1. The monoisotopic (exact) mass is 400 g/mol. The molecule has 0 radical (unpaired) electrons. The number of rotatable bonds is 4. The quantitative estimate of drug-likeness (QED) is 0.456. The van der Waals surface area contributed by atoms with Crippen LogP contribution in [0.3, 0.4) is 0 Å². The first-order valence-electron chi connectivity index (χ1n) is 9.76. The van der Waals surface area contributed by atoms with Crippen molar-refractivity contribution in [3.8, 4) is 16.9 Å². The summed E-state index contributed by atoms with van der Waals surface area (Å²) in [5.41, 5.74) is 4.16. The van der Waals surface area contributed by atoms with E-state index >= 15 is 0 Å². The lowest BCUT2D eigenvalue weighted by molar-refractivity contribution is 0.339. The Balaban J connectivity index is 1.64. The largest absolute Gasteiger partial charge is 0.493 e. The molecule has 0 saturated carbocycles. The SMILES string of the molecule is CCOc1ccccc1/C=C1\CCn2c1nc1scc(-c3ccccc3)c1c2=O. The maximum Gasteiger partial charge on any atom is 0.263 e. The molecule has 0 unspecified atom stereocenters. The van der Waals surface area contributed by atoms with Crippen LogP contribution in [0, 0.1) is 0 Å². The Hall–Kier alpha value is -3.18. The number of para-hydroxylation sites is 1. The van der Waals surface area contributed by atoms with E-state index in [0.717, 1.165) is 50.5 Å². The molecule has 29 heavy (non-hydrogen) atoms. The van der Waals surface area contributed by atoms with Gasteiger partial charge in [-0.1, -0.05) is 48.5 Å². The molecule has 1 aliphatic rings. The number of hydrogen-bond donors (Lipinski definition) is 0. The van der Waals surface area contributed by atoms with Crippen LogP contribution in [-0.4, -0.2) is 16.2 Å². The van der Waals surface area contributed by atoms with Crippen LogP contribution >= 0.6 is 11.3 Å². The minimum absolute atomic E-state index is 0.0478. The number of nitrogens with zero attached hydrogens (tertiary/aromatic N) is 2. The van der Waals surface area contributed by atoms with Crippen molar-refractivity contribution in [1.82, 2.24) is 9.55 Å². The van der Waals surface area contributed by atoms with Crippen LogP contribution in [0.2, 0.25) is 0 Å². The second kappa shape index (κ2) is 7.33. The predicted molar refractivity (Wildman–Crippen MR) is 119 cm³/mol. The summed E-state index contributed by atoms with van der Waals surface area (Å²) >= 11 is 1.53. The Labute approximate surface area is 172 Å². The van der Waals surface area contributed by atoms with Crippen molar-refractivity contribution in [2.24, 2.45) is 0 Å². The molecule has 5 heteroatoms. The number of fused-ring (bicyclic) bond motifs is 2. The number of aromatic nitrogens is 2. The molecular weight excluding hydrogens is 380 g/mol. The fraction of sp³-hybridized carbons (Fsp3) is 0.167. The van der Waals surface area contributed by atoms with Gasteiger partial charge in [-0.15, -0.1) is 11.3 Å². The summed E-state index contributed by atoms with van der Waals surface area (Å²) in [6.45, 7) is 3.25. The van der Waals surface area contributed by atoms with Crippen LogP contribution < -0.4 is 10.3 Å². The van der Waals surface area contributed by atoms with Gasteiger partial charge in [0.1, 0.15) is 16.4 Å². The van der Waals surface area contributed by atoms with E-state index in [9.17, 15) is 4.79 Å². The summed E-state index contributed by atoms with van der Waals surface area (Å²) in [5, 5.41) is 2.76. The van der Waals surface area contributed by atoms with Gasteiger partial charge in [0.2, 0.25) is 0 Å². The molecule has 2 aromatic carbocycles. The molecule has 0 fully saturated rings. The maximum absolute atomic E-state index is 13.3. The second-order valence-electron chi connectivity index (χ2n) is 6.98. The molecule has 144 valence electrons. The summed E-state index contributed by atoms with van der Waals surface area (Å²) in [4.78, 5) is 19.0. The van der Waals surface area contributed by atoms with Crippen molar-refractivity contribution in [2.45, 2.75) is 19.9 Å². The van der Waals surface area contributed by atoms with Gasteiger partial charge < -0.3 is 4.74 Å². The van der Waals surface area contributed by atoms with Gasteiger partial charge in [-0.2, -0.15) is 0 Å². The van der Waals surface area contributed by atoms with Crippen LogP contribution in [-0.2, 0) is 6.54 Å². The summed E-state index contributed by atoms with van der Waals surface area (Å²) in [5.74, 6) is 1.63. The Morgan fingerprint density at radius 3 is 2.76 bits per heavy atom. The Kier molecular flexibility index (Phi) is 4.52. The van der Waals surface area contributed by atoms with Crippen molar-refractivity contribution < 1.29 is 4.74 Å². The molecule has 1 aliphatic heterocycles. The maximum atomic E-state index is 13.3. The summed E-state index contributed by atoms with van der Waals surface area (Å²) in [6.07, 6.45) is 2.90.